The fraction of sp³-hybridized carbons (Fsp3) is 0.343. The Morgan fingerprint density at radius 3 is 2.24 bits per heavy atom. The molecule has 0 saturated carbocycles. The summed E-state index contributed by atoms with van der Waals surface area (Å²) in [5.74, 6) is -3.96. The number of nitrogens with one attached hydrogen (secondary N) is 2. The molecule has 1 aromatic rings. The first kappa shape index (κ1) is 36.2. The van der Waals surface area contributed by atoms with Gasteiger partial charge in [0.15, 0.2) is 11.4 Å². The third-order valence-electron chi connectivity index (χ3n) is 8.80. The molecule has 2 unspecified atom stereocenters. The maximum absolute atomic E-state index is 12.2. The van der Waals surface area contributed by atoms with Crippen molar-refractivity contribution < 1.29 is 39.7 Å². The second-order valence-corrected chi connectivity index (χ2v) is 11.5. The monoisotopic (exact) mass is 636 g/mol. The molecule has 46 heavy (non-hydrogen) atoms. The molecule has 3 aliphatic rings. The van der Waals surface area contributed by atoms with E-state index >= 15 is 0 Å². The molecule has 4 heterocycles. The average molecular weight is 637 g/mol. The van der Waals surface area contributed by atoms with E-state index in [4.69, 9.17) is 4.98 Å². The molecule has 0 radical (unpaired) electrons. The van der Waals surface area contributed by atoms with Crippen LogP contribution in [-0.2, 0) is 14.4 Å². The van der Waals surface area contributed by atoms with Crippen molar-refractivity contribution in [1.82, 2.24) is 4.98 Å². The molecule has 4 rings (SSSR count). The molecule has 3 aliphatic heterocycles. The van der Waals surface area contributed by atoms with Gasteiger partial charge < -0.3 is 25.6 Å². The Morgan fingerprint density at radius 1 is 1.00 bits per heavy atom. The van der Waals surface area contributed by atoms with Crippen molar-refractivity contribution in [2.45, 2.75) is 60.3 Å². The number of aliphatic carboxylic acids is 3. The Bertz CT molecular complexity index is 1730. The van der Waals surface area contributed by atoms with Gasteiger partial charge in [0.05, 0.1) is 18.3 Å². The predicted molar refractivity (Wildman–Crippen MR) is 179 cm³/mol. The standard InChI is InChI=1S/C35H40N4O6.Mg/c1-8-21-18(5)27(37-25(21)10-3)15-29-22(9-2)19(6)26(38-29)14-28-20(7)23(11-12-30(40)41)33(39-28)24(13-31(42)43)34-32(35(44)45)17(4)16-36-34;/h9-10,14-15,20,23H,2-3,8,11-13,16H2,1,4-7H3,(H5,36,37,38,39,40,41,42,43,44,45);/q;+2. The number of nitrogens with zero attached hydrogens (tertiary/aromatic N) is 2. The molecule has 0 amide bonds. The minimum atomic E-state index is -1.18. The molecule has 0 bridgehead atoms. The zero-order valence-electron chi connectivity index (χ0n) is 27.1. The summed E-state index contributed by atoms with van der Waals surface area (Å²) < 4.78 is 0. The fourth-order valence-corrected chi connectivity index (χ4v) is 6.36. The van der Waals surface area contributed by atoms with Crippen LogP contribution in [0.25, 0.3) is 23.5 Å². The van der Waals surface area contributed by atoms with E-state index in [1.165, 1.54) is 5.57 Å². The van der Waals surface area contributed by atoms with E-state index in [1.54, 1.807) is 13.0 Å². The Kier molecular flexibility index (Phi) is 11.7. The van der Waals surface area contributed by atoms with Crippen molar-refractivity contribution in [3.05, 3.63) is 92.0 Å². The summed E-state index contributed by atoms with van der Waals surface area (Å²) in [5.41, 5.74) is 9.51. The summed E-state index contributed by atoms with van der Waals surface area (Å²) in [4.78, 5) is 47.5. The molecule has 0 spiro atoms. The Labute approximate surface area is 285 Å². The zero-order valence-corrected chi connectivity index (χ0v) is 28.5. The fourth-order valence-electron chi connectivity index (χ4n) is 6.36. The van der Waals surface area contributed by atoms with Gasteiger partial charge in [-0.05, 0) is 51.3 Å². The van der Waals surface area contributed by atoms with Crippen LogP contribution in [0.4, 0.5) is 0 Å². The van der Waals surface area contributed by atoms with E-state index in [2.05, 4.69) is 42.3 Å². The van der Waals surface area contributed by atoms with Gasteiger partial charge in [0, 0.05) is 34.8 Å². The molecular formula is C35H40MgN4O6+2. The minimum Gasteiger partial charge on any atom is -0.680 e. The van der Waals surface area contributed by atoms with E-state index in [-0.39, 0.29) is 65.2 Å². The number of allylic oxidation sites excluding steroid dienone is 4. The van der Waals surface area contributed by atoms with E-state index in [9.17, 15) is 29.7 Å². The summed E-state index contributed by atoms with van der Waals surface area (Å²) in [7, 11) is 0. The van der Waals surface area contributed by atoms with E-state index in [0.29, 0.717) is 17.0 Å². The first-order chi connectivity index (χ1) is 21.3. The Hall–Kier alpha value is -4.22. The molecule has 0 aromatic carbocycles. The SMILES string of the molecule is C=CC1=[NH+]/C(=C\c2[n-]c(/C=C3[NH+]=C(/C(CC(=O)O)=C4\[N-]CC(C)=C4C(=O)O)C(CCC(=O)O)C\3C)c(C)c2C=C)C(C)=C1CC.[Mg+2]. The summed E-state index contributed by atoms with van der Waals surface area (Å²) in [5, 5.41) is 33.7. The first-order valence-corrected chi connectivity index (χ1v) is 14.9. The number of rotatable bonds is 12. The van der Waals surface area contributed by atoms with Crippen molar-refractivity contribution >= 4 is 70.6 Å². The Balaban J connectivity index is 0.00000576. The number of hydrogen-bond acceptors (Lipinski definition) is 3. The topological polar surface area (TPSA) is 168 Å². The number of aromatic nitrogens is 1. The van der Waals surface area contributed by atoms with Gasteiger partial charge in [-0.15, -0.1) is 23.6 Å². The van der Waals surface area contributed by atoms with Gasteiger partial charge in [0.2, 0.25) is 11.4 Å². The van der Waals surface area contributed by atoms with Crippen LogP contribution in [0.15, 0.2) is 64.2 Å². The predicted octanol–water partition coefficient (Wildman–Crippen LogP) is 2.51. The van der Waals surface area contributed by atoms with Crippen LogP contribution < -0.4 is 15.0 Å². The second kappa shape index (κ2) is 14.9. The molecule has 11 heteroatoms. The number of hydrogen-bond donors (Lipinski definition) is 5. The van der Waals surface area contributed by atoms with Crippen molar-refractivity contribution in [2.75, 3.05) is 6.54 Å². The largest absolute Gasteiger partial charge is 2.00 e. The smallest absolute Gasteiger partial charge is 0.680 e. The van der Waals surface area contributed by atoms with Gasteiger partial charge in [-0.2, -0.15) is 0 Å². The minimum absolute atomic E-state index is 0. The van der Waals surface area contributed by atoms with Crippen LogP contribution in [0, 0.1) is 18.8 Å². The van der Waals surface area contributed by atoms with Gasteiger partial charge >= 0.3 is 41.0 Å². The number of carbonyl (C=O) groups is 3. The third-order valence-corrected chi connectivity index (χ3v) is 8.80. The normalized spacial score (nSPS) is 22.1. The van der Waals surface area contributed by atoms with Crippen LogP contribution in [0.2, 0.25) is 0 Å². The van der Waals surface area contributed by atoms with Crippen molar-refractivity contribution in [3.63, 3.8) is 0 Å². The summed E-state index contributed by atoms with van der Waals surface area (Å²) in [6, 6.07) is 0. The molecular weight excluding hydrogens is 597 g/mol. The van der Waals surface area contributed by atoms with Crippen LogP contribution >= 0.6 is 0 Å². The molecule has 0 aliphatic carbocycles. The molecule has 236 valence electrons. The van der Waals surface area contributed by atoms with Gasteiger partial charge in [-0.3, -0.25) is 9.59 Å². The van der Waals surface area contributed by atoms with Crippen molar-refractivity contribution in [1.29, 1.82) is 0 Å². The van der Waals surface area contributed by atoms with Gasteiger partial charge in [0.1, 0.15) is 0 Å². The van der Waals surface area contributed by atoms with Crippen molar-refractivity contribution in [3.8, 4) is 0 Å². The van der Waals surface area contributed by atoms with Crippen molar-refractivity contribution in [2.24, 2.45) is 11.8 Å². The molecule has 0 saturated heterocycles. The van der Waals surface area contributed by atoms with Crippen LogP contribution in [0.1, 0.15) is 75.9 Å². The zero-order chi connectivity index (χ0) is 33.2. The van der Waals surface area contributed by atoms with E-state index in [0.717, 1.165) is 45.9 Å². The molecule has 1 aromatic heterocycles. The summed E-state index contributed by atoms with van der Waals surface area (Å²) in [6.45, 7) is 17.8. The summed E-state index contributed by atoms with van der Waals surface area (Å²) in [6.07, 6.45) is 7.93. The Morgan fingerprint density at radius 2 is 1.70 bits per heavy atom. The first-order valence-electron chi connectivity index (χ1n) is 14.9. The maximum Gasteiger partial charge on any atom is 2.00 e. The molecule has 0 fully saturated rings. The maximum atomic E-state index is 12.2. The van der Waals surface area contributed by atoms with E-state index in [1.807, 2.05) is 32.1 Å². The second-order valence-electron chi connectivity index (χ2n) is 11.5. The van der Waals surface area contributed by atoms with Crippen LogP contribution in [0.5, 0.6) is 0 Å². The molecule has 2 atom stereocenters. The van der Waals surface area contributed by atoms with Gasteiger partial charge in [-0.25, -0.2) is 14.8 Å². The molecule has 5 N–H and O–H groups in total. The molecule has 10 nitrogen and oxygen atoms in total. The third kappa shape index (κ3) is 7.10. The van der Waals surface area contributed by atoms with Gasteiger partial charge in [0.25, 0.3) is 0 Å². The van der Waals surface area contributed by atoms with E-state index < -0.39 is 30.2 Å². The summed E-state index contributed by atoms with van der Waals surface area (Å²) >= 11 is 0. The quantitative estimate of drug-likeness (QED) is 0.220. The number of carboxylic acid groups (broad SMARTS) is 3. The average Bonchev–Trinajstić information content (AvgIpc) is 3.69. The van der Waals surface area contributed by atoms with Crippen LogP contribution in [0.3, 0.4) is 0 Å². The number of carboxylic acids is 3. The van der Waals surface area contributed by atoms with Crippen LogP contribution in [-0.4, -0.2) is 74.2 Å². The van der Waals surface area contributed by atoms with Gasteiger partial charge in [-0.1, -0.05) is 44.2 Å².